The van der Waals surface area contributed by atoms with Gasteiger partial charge in [-0.15, -0.1) is 0 Å². The summed E-state index contributed by atoms with van der Waals surface area (Å²) in [7, 11) is 0. The van der Waals surface area contributed by atoms with Crippen LogP contribution < -0.4 is 0 Å². The third-order valence-corrected chi connectivity index (χ3v) is 4.69. The van der Waals surface area contributed by atoms with Crippen molar-refractivity contribution in [1.82, 2.24) is 4.90 Å². The van der Waals surface area contributed by atoms with Gasteiger partial charge in [0.1, 0.15) is 6.10 Å². The number of rotatable bonds is 5. The molecule has 0 aliphatic carbocycles. The zero-order valence-corrected chi connectivity index (χ0v) is 14.3. The molecular weight excluding hydrogens is 298 g/mol. The molecule has 3 heteroatoms. The van der Waals surface area contributed by atoms with Crippen LogP contribution in [0.4, 0.5) is 0 Å². The molecule has 2 aromatic carbocycles. The molecule has 3 rings (SSSR count). The third kappa shape index (κ3) is 4.24. The van der Waals surface area contributed by atoms with E-state index >= 15 is 0 Å². The van der Waals surface area contributed by atoms with Crippen molar-refractivity contribution >= 4 is 5.91 Å². The van der Waals surface area contributed by atoms with Gasteiger partial charge in [0.05, 0.1) is 13.2 Å². The van der Waals surface area contributed by atoms with E-state index in [0.717, 1.165) is 18.4 Å². The Morgan fingerprint density at radius 2 is 1.88 bits per heavy atom. The Morgan fingerprint density at radius 1 is 1.12 bits per heavy atom. The average molecular weight is 323 g/mol. The van der Waals surface area contributed by atoms with E-state index in [-0.39, 0.29) is 12.0 Å². The first kappa shape index (κ1) is 16.7. The monoisotopic (exact) mass is 323 g/mol. The van der Waals surface area contributed by atoms with Crippen molar-refractivity contribution in [2.75, 3.05) is 19.7 Å². The van der Waals surface area contributed by atoms with E-state index in [2.05, 4.69) is 43.3 Å². The van der Waals surface area contributed by atoms with Gasteiger partial charge in [-0.25, -0.2) is 0 Å². The molecule has 1 aliphatic heterocycles. The molecule has 0 bridgehead atoms. The highest BCUT2D eigenvalue weighted by molar-refractivity contribution is 5.76. The van der Waals surface area contributed by atoms with Crippen LogP contribution in [0.25, 0.3) is 0 Å². The Kier molecular flexibility index (Phi) is 5.65. The molecule has 0 spiro atoms. The summed E-state index contributed by atoms with van der Waals surface area (Å²) in [6.07, 6.45) is 2.47. The summed E-state index contributed by atoms with van der Waals surface area (Å²) >= 11 is 0. The van der Waals surface area contributed by atoms with Crippen LogP contribution in [0.2, 0.25) is 0 Å². The van der Waals surface area contributed by atoms with Crippen molar-refractivity contribution in [1.29, 1.82) is 0 Å². The number of benzene rings is 2. The largest absolute Gasteiger partial charge is 0.370 e. The lowest BCUT2D eigenvalue weighted by molar-refractivity contribution is -0.139. The summed E-state index contributed by atoms with van der Waals surface area (Å²) in [5.74, 6) is 0.243. The van der Waals surface area contributed by atoms with Gasteiger partial charge in [-0.1, -0.05) is 54.6 Å². The van der Waals surface area contributed by atoms with Crippen molar-refractivity contribution in [2.45, 2.75) is 32.3 Å². The van der Waals surface area contributed by atoms with Crippen LogP contribution in [0.5, 0.6) is 0 Å². The van der Waals surface area contributed by atoms with E-state index in [1.807, 2.05) is 23.1 Å². The third-order valence-electron chi connectivity index (χ3n) is 4.69. The lowest BCUT2D eigenvalue weighted by atomic mass is 10.0. The minimum absolute atomic E-state index is 0.000248. The lowest BCUT2D eigenvalue weighted by Gasteiger charge is -2.33. The molecule has 1 saturated heterocycles. The number of morpholine rings is 1. The van der Waals surface area contributed by atoms with E-state index in [1.165, 1.54) is 11.1 Å². The molecule has 0 saturated carbocycles. The fraction of sp³-hybridized carbons (Fsp3) is 0.381. The van der Waals surface area contributed by atoms with Gasteiger partial charge < -0.3 is 9.64 Å². The van der Waals surface area contributed by atoms with E-state index in [0.29, 0.717) is 26.1 Å². The first-order chi connectivity index (χ1) is 11.7. The molecule has 3 nitrogen and oxygen atoms in total. The van der Waals surface area contributed by atoms with E-state index in [9.17, 15) is 4.79 Å². The number of hydrogen-bond donors (Lipinski definition) is 0. The van der Waals surface area contributed by atoms with E-state index < -0.39 is 0 Å². The SMILES string of the molecule is Cc1ccccc1CCCC(=O)N1CCOC(c2ccccc2)C1. The maximum absolute atomic E-state index is 12.5. The predicted octanol–water partition coefficient (Wildman–Crippen LogP) is 3.92. The minimum atomic E-state index is 0.000248. The van der Waals surface area contributed by atoms with E-state index in [1.54, 1.807) is 0 Å². The first-order valence-electron chi connectivity index (χ1n) is 8.73. The molecule has 0 N–H and O–H groups in total. The van der Waals surface area contributed by atoms with Gasteiger partial charge >= 0.3 is 0 Å². The highest BCUT2D eigenvalue weighted by Gasteiger charge is 2.24. The van der Waals surface area contributed by atoms with Crippen molar-refractivity contribution in [2.24, 2.45) is 0 Å². The molecular formula is C21H25NO2. The van der Waals surface area contributed by atoms with Gasteiger partial charge in [-0.3, -0.25) is 4.79 Å². The normalized spacial score (nSPS) is 17.7. The molecule has 0 radical (unpaired) electrons. The summed E-state index contributed by atoms with van der Waals surface area (Å²) in [5.41, 5.74) is 3.80. The summed E-state index contributed by atoms with van der Waals surface area (Å²) < 4.78 is 5.84. The molecule has 1 amide bonds. The predicted molar refractivity (Wildman–Crippen MR) is 95.8 cm³/mol. The highest BCUT2D eigenvalue weighted by atomic mass is 16.5. The maximum Gasteiger partial charge on any atom is 0.222 e. The van der Waals surface area contributed by atoms with Crippen molar-refractivity contribution in [3.63, 3.8) is 0 Å². The van der Waals surface area contributed by atoms with Crippen molar-refractivity contribution in [3.8, 4) is 0 Å². The zero-order chi connectivity index (χ0) is 16.8. The molecule has 1 atom stereocenters. The Labute approximate surface area is 144 Å². The molecule has 24 heavy (non-hydrogen) atoms. The molecule has 1 unspecified atom stereocenters. The highest BCUT2D eigenvalue weighted by Crippen LogP contribution is 2.22. The fourth-order valence-corrected chi connectivity index (χ4v) is 3.22. The molecule has 126 valence electrons. The summed E-state index contributed by atoms with van der Waals surface area (Å²) in [5, 5.41) is 0. The smallest absolute Gasteiger partial charge is 0.222 e. The molecule has 2 aromatic rings. The second kappa shape index (κ2) is 8.11. The number of carbonyl (C=O) groups is 1. The fourth-order valence-electron chi connectivity index (χ4n) is 3.22. The molecule has 0 aromatic heterocycles. The number of hydrogen-bond acceptors (Lipinski definition) is 2. The van der Waals surface area contributed by atoms with Crippen LogP contribution in [-0.4, -0.2) is 30.5 Å². The van der Waals surface area contributed by atoms with E-state index in [4.69, 9.17) is 4.74 Å². The van der Waals surface area contributed by atoms with Crippen LogP contribution >= 0.6 is 0 Å². The first-order valence-corrected chi connectivity index (χ1v) is 8.73. The number of aryl methyl sites for hydroxylation is 2. The van der Waals surface area contributed by atoms with Gasteiger partial charge in [0.15, 0.2) is 0 Å². The summed E-state index contributed by atoms with van der Waals surface area (Å²) in [6.45, 7) is 4.10. The van der Waals surface area contributed by atoms with Crippen molar-refractivity contribution < 1.29 is 9.53 Å². The summed E-state index contributed by atoms with van der Waals surface area (Å²) in [6, 6.07) is 18.6. The minimum Gasteiger partial charge on any atom is -0.370 e. The second-order valence-corrected chi connectivity index (χ2v) is 6.39. The van der Waals surface area contributed by atoms with Gasteiger partial charge in [0.25, 0.3) is 0 Å². The Hall–Kier alpha value is -2.13. The molecule has 1 aliphatic rings. The maximum atomic E-state index is 12.5. The van der Waals surface area contributed by atoms with Crippen LogP contribution in [0, 0.1) is 6.92 Å². The van der Waals surface area contributed by atoms with Crippen LogP contribution in [0.15, 0.2) is 54.6 Å². The van der Waals surface area contributed by atoms with Crippen LogP contribution in [-0.2, 0) is 16.0 Å². The van der Waals surface area contributed by atoms with Crippen LogP contribution in [0.3, 0.4) is 0 Å². The quantitative estimate of drug-likeness (QED) is 0.835. The number of carbonyl (C=O) groups excluding carboxylic acids is 1. The molecule has 1 fully saturated rings. The Morgan fingerprint density at radius 3 is 2.67 bits per heavy atom. The van der Waals surface area contributed by atoms with Gasteiger partial charge in [0, 0.05) is 13.0 Å². The Bertz CT molecular complexity index is 669. The van der Waals surface area contributed by atoms with Crippen LogP contribution in [0.1, 0.15) is 35.6 Å². The Balaban J connectivity index is 1.50. The topological polar surface area (TPSA) is 29.5 Å². The van der Waals surface area contributed by atoms with Gasteiger partial charge in [-0.05, 0) is 36.5 Å². The number of nitrogens with zero attached hydrogens (tertiary/aromatic N) is 1. The summed E-state index contributed by atoms with van der Waals surface area (Å²) in [4.78, 5) is 14.5. The van der Waals surface area contributed by atoms with Gasteiger partial charge in [0.2, 0.25) is 5.91 Å². The standard InChI is InChI=1S/C21H25NO2/c1-17-8-5-6-9-18(17)12-7-13-21(23)22-14-15-24-20(16-22)19-10-3-2-4-11-19/h2-6,8-11,20H,7,12-16H2,1H3. The number of ether oxygens (including phenoxy) is 1. The second-order valence-electron chi connectivity index (χ2n) is 6.39. The van der Waals surface area contributed by atoms with Crippen molar-refractivity contribution in [3.05, 3.63) is 71.3 Å². The average Bonchev–Trinajstić information content (AvgIpc) is 2.64. The number of amides is 1. The lowest BCUT2D eigenvalue weighted by Crippen LogP contribution is -2.42. The zero-order valence-electron chi connectivity index (χ0n) is 14.3. The molecule has 1 heterocycles. The van der Waals surface area contributed by atoms with Gasteiger partial charge in [-0.2, -0.15) is 0 Å².